The Bertz CT molecular complexity index is 2310. The Kier molecular flexibility index (Phi) is 6.81. The summed E-state index contributed by atoms with van der Waals surface area (Å²) < 4.78 is 51.2. The number of aryl methyl sites for hydroxylation is 1. The standard InChI is InChI=1S/C30H27FN8O4S2/c1-15-13-44-23-11-21(24(30(40)38(15)23)17-5-4-6-19(31)9-17)16(2)39-28-25(27(32)34-14-35-28)26(36-39)18-10-22(29(43-3)33-12-18)37-45(41,42)20-7-8-20/h4-6,9-14,16,20,37H,7-8H2,1-3H3,(H2,32,34,35)/t16-/m0/s1. The lowest BCUT2D eigenvalue weighted by Crippen LogP contribution is -2.21. The summed E-state index contributed by atoms with van der Waals surface area (Å²) in [4.78, 5) is 27.7. The highest BCUT2D eigenvalue weighted by atomic mass is 32.2. The van der Waals surface area contributed by atoms with Crippen LogP contribution in [0.2, 0.25) is 0 Å². The summed E-state index contributed by atoms with van der Waals surface area (Å²) in [7, 11) is -2.22. The molecule has 0 unspecified atom stereocenters. The van der Waals surface area contributed by atoms with Gasteiger partial charge in [0.05, 0.1) is 29.4 Å². The molecule has 3 N–H and O–H groups in total. The van der Waals surface area contributed by atoms with Crippen molar-refractivity contribution in [2.24, 2.45) is 0 Å². The van der Waals surface area contributed by atoms with E-state index in [4.69, 9.17) is 15.6 Å². The van der Waals surface area contributed by atoms with Crippen LogP contribution in [0, 0.1) is 12.7 Å². The maximum absolute atomic E-state index is 14.4. The molecule has 1 atom stereocenters. The van der Waals surface area contributed by atoms with Gasteiger partial charge in [0.1, 0.15) is 34.2 Å². The SMILES string of the molecule is COc1ncc(-c2nn([C@@H](C)c3cc4scc(C)n4c(=O)c3-c3cccc(F)c3)c3ncnc(N)c23)cc1NS(=O)(=O)C1CC1. The van der Waals surface area contributed by atoms with Crippen molar-refractivity contribution >= 4 is 48.7 Å². The zero-order valence-corrected chi connectivity index (χ0v) is 26.0. The van der Waals surface area contributed by atoms with E-state index in [9.17, 15) is 17.6 Å². The number of nitrogen functional groups attached to an aromatic ring is 1. The second-order valence-corrected chi connectivity index (χ2v) is 13.7. The van der Waals surface area contributed by atoms with Crippen LogP contribution < -0.4 is 20.8 Å². The van der Waals surface area contributed by atoms with Gasteiger partial charge in [0.2, 0.25) is 15.9 Å². The van der Waals surface area contributed by atoms with Crippen molar-refractivity contribution in [3.8, 4) is 28.3 Å². The van der Waals surface area contributed by atoms with Crippen molar-refractivity contribution < 1.29 is 17.5 Å². The second-order valence-electron chi connectivity index (χ2n) is 10.9. The number of nitrogens with one attached hydrogen (secondary N) is 1. The Morgan fingerprint density at radius 3 is 2.69 bits per heavy atom. The molecule has 0 radical (unpaired) electrons. The number of sulfonamides is 1. The van der Waals surface area contributed by atoms with E-state index in [1.807, 2.05) is 25.3 Å². The molecule has 12 nitrogen and oxygen atoms in total. The fourth-order valence-corrected chi connectivity index (χ4v) is 7.82. The van der Waals surface area contributed by atoms with E-state index in [0.717, 1.165) is 10.5 Å². The Morgan fingerprint density at radius 1 is 1.16 bits per heavy atom. The Morgan fingerprint density at radius 2 is 1.96 bits per heavy atom. The van der Waals surface area contributed by atoms with Crippen LogP contribution in [0.1, 0.15) is 37.1 Å². The molecule has 7 rings (SSSR count). The van der Waals surface area contributed by atoms with E-state index in [1.54, 1.807) is 27.3 Å². The molecule has 1 aliphatic carbocycles. The number of benzene rings is 1. The molecular formula is C30H27FN8O4S2. The van der Waals surface area contributed by atoms with Crippen LogP contribution in [0.25, 0.3) is 38.2 Å². The number of fused-ring (bicyclic) bond motifs is 2. The fourth-order valence-electron chi connectivity index (χ4n) is 5.52. The van der Waals surface area contributed by atoms with E-state index in [1.165, 1.54) is 43.1 Å². The normalized spacial score (nSPS) is 14.2. The van der Waals surface area contributed by atoms with Gasteiger partial charge in [-0.15, -0.1) is 11.3 Å². The number of hydrogen-bond donors (Lipinski definition) is 2. The molecule has 1 fully saturated rings. The van der Waals surface area contributed by atoms with Crippen molar-refractivity contribution in [2.75, 3.05) is 17.6 Å². The number of aromatic nitrogens is 6. The van der Waals surface area contributed by atoms with Gasteiger partial charge in [-0.2, -0.15) is 5.10 Å². The molecule has 0 bridgehead atoms. The van der Waals surface area contributed by atoms with Crippen LogP contribution in [0.5, 0.6) is 5.88 Å². The molecule has 6 aromatic rings. The minimum Gasteiger partial charge on any atom is -0.480 e. The lowest BCUT2D eigenvalue weighted by atomic mass is 9.97. The maximum atomic E-state index is 14.4. The molecule has 1 aromatic carbocycles. The number of nitrogens with zero attached hydrogens (tertiary/aromatic N) is 6. The molecule has 0 amide bonds. The van der Waals surface area contributed by atoms with Gasteiger partial charge in [-0.25, -0.2) is 32.4 Å². The Balaban J connectivity index is 1.43. The smallest absolute Gasteiger partial charge is 0.264 e. The van der Waals surface area contributed by atoms with Crippen LogP contribution in [-0.4, -0.2) is 49.9 Å². The van der Waals surface area contributed by atoms with Gasteiger partial charge >= 0.3 is 0 Å². The van der Waals surface area contributed by atoms with Crippen LogP contribution >= 0.6 is 11.3 Å². The third-order valence-corrected chi connectivity index (χ3v) is 10.7. The summed E-state index contributed by atoms with van der Waals surface area (Å²) in [5, 5.41) is 6.75. The molecule has 1 aliphatic rings. The molecule has 230 valence electrons. The van der Waals surface area contributed by atoms with Crippen LogP contribution in [-0.2, 0) is 10.0 Å². The highest BCUT2D eigenvalue weighted by molar-refractivity contribution is 7.93. The van der Waals surface area contributed by atoms with Crippen molar-refractivity contribution in [1.29, 1.82) is 0 Å². The second kappa shape index (κ2) is 10.6. The summed E-state index contributed by atoms with van der Waals surface area (Å²) >= 11 is 1.42. The summed E-state index contributed by atoms with van der Waals surface area (Å²) in [6.07, 6.45) is 4.00. The molecule has 1 saturated carbocycles. The number of rotatable bonds is 8. The van der Waals surface area contributed by atoms with E-state index >= 15 is 0 Å². The number of thiazole rings is 1. The molecule has 5 aromatic heterocycles. The number of nitrogens with two attached hydrogens (primary N) is 1. The van der Waals surface area contributed by atoms with Gasteiger partial charge in [0, 0.05) is 22.8 Å². The fraction of sp³-hybridized carbons (Fsp3) is 0.233. The lowest BCUT2D eigenvalue weighted by molar-refractivity contribution is 0.400. The van der Waals surface area contributed by atoms with E-state index in [2.05, 4.69) is 19.7 Å². The monoisotopic (exact) mass is 646 g/mol. The minimum absolute atomic E-state index is 0.101. The molecule has 15 heteroatoms. The molecular weight excluding hydrogens is 620 g/mol. The van der Waals surface area contributed by atoms with Crippen molar-refractivity contribution in [1.82, 2.24) is 29.1 Å². The quantitative estimate of drug-likeness (QED) is 0.237. The van der Waals surface area contributed by atoms with Crippen molar-refractivity contribution in [3.05, 3.63) is 81.7 Å². The summed E-state index contributed by atoms with van der Waals surface area (Å²) in [5.41, 5.74) is 9.56. The van der Waals surface area contributed by atoms with E-state index in [0.29, 0.717) is 51.8 Å². The first-order valence-electron chi connectivity index (χ1n) is 14.0. The molecule has 45 heavy (non-hydrogen) atoms. The molecule has 5 heterocycles. The third kappa shape index (κ3) is 4.88. The lowest BCUT2D eigenvalue weighted by Gasteiger charge is -2.18. The minimum atomic E-state index is -3.62. The zero-order valence-electron chi connectivity index (χ0n) is 24.4. The Hall–Kier alpha value is -4.89. The summed E-state index contributed by atoms with van der Waals surface area (Å²) in [5.74, 6) is -0.215. The van der Waals surface area contributed by atoms with Gasteiger partial charge < -0.3 is 10.5 Å². The number of anilines is 2. The van der Waals surface area contributed by atoms with Gasteiger partial charge in [-0.1, -0.05) is 12.1 Å². The first-order chi connectivity index (χ1) is 21.6. The first-order valence-corrected chi connectivity index (χ1v) is 16.4. The van der Waals surface area contributed by atoms with E-state index in [-0.39, 0.29) is 22.9 Å². The zero-order chi connectivity index (χ0) is 31.6. The van der Waals surface area contributed by atoms with Gasteiger partial charge in [-0.3, -0.25) is 13.9 Å². The van der Waals surface area contributed by atoms with Crippen LogP contribution in [0.3, 0.4) is 0 Å². The van der Waals surface area contributed by atoms with Gasteiger partial charge in [0.15, 0.2) is 5.65 Å². The van der Waals surface area contributed by atoms with Crippen molar-refractivity contribution in [2.45, 2.75) is 38.0 Å². The summed E-state index contributed by atoms with van der Waals surface area (Å²) in [6.45, 7) is 3.71. The summed E-state index contributed by atoms with van der Waals surface area (Å²) in [6, 6.07) is 8.82. The Labute approximate surface area is 260 Å². The van der Waals surface area contributed by atoms with Crippen LogP contribution in [0.15, 0.2) is 59.1 Å². The predicted octanol–water partition coefficient (Wildman–Crippen LogP) is 4.78. The predicted molar refractivity (Wildman–Crippen MR) is 171 cm³/mol. The van der Waals surface area contributed by atoms with E-state index < -0.39 is 27.1 Å². The average Bonchev–Trinajstić information content (AvgIpc) is 3.72. The van der Waals surface area contributed by atoms with Gasteiger partial charge in [-0.05, 0) is 62.1 Å². The van der Waals surface area contributed by atoms with Crippen LogP contribution in [0.4, 0.5) is 15.9 Å². The molecule has 0 saturated heterocycles. The van der Waals surface area contributed by atoms with Gasteiger partial charge in [0.25, 0.3) is 5.56 Å². The van der Waals surface area contributed by atoms with Crippen molar-refractivity contribution in [3.63, 3.8) is 0 Å². The average molecular weight is 647 g/mol. The molecule has 0 aliphatic heterocycles. The number of halogens is 1. The third-order valence-electron chi connectivity index (χ3n) is 7.89. The topological polar surface area (TPSA) is 159 Å². The highest BCUT2D eigenvalue weighted by Crippen LogP contribution is 2.38. The number of methoxy groups -OCH3 is 1. The number of hydrogen-bond acceptors (Lipinski definition) is 10. The maximum Gasteiger partial charge on any atom is 0.264 e. The highest BCUT2D eigenvalue weighted by Gasteiger charge is 2.36. The first kappa shape index (κ1) is 28.9. The largest absolute Gasteiger partial charge is 0.480 e. The molecule has 0 spiro atoms. The number of pyridine rings is 2. The number of ether oxygens (including phenoxy) is 1.